The maximum Gasteiger partial charge on any atom is 0.296 e. The van der Waals surface area contributed by atoms with E-state index in [1.165, 1.54) is 19.2 Å². The summed E-state index contributed by atoms with van der Waals surface area (Å²) in [5.74, 6) is 0.491. The molecule has 0 heterocycles. The summed E-state index contributed by atoms with van der Waals surface area (Å²) in [5.41, 5.74) is 5.99. The van der Waals surface area contributed by atoms with Crippen LogP contribution in [0.25, 0.3) is 0 Å². The molecule has 1 aromatic rings. The Balaban J connectivity index is 3.07. The van der Waals surface area contributed by atoms with Crippen molar-refractivity contribution in [2.24, 2.45) is 5.14 Å². The molecule has 14 heavy (non-hydrogen) atoms. The molecule has 0 fully saturated rings. The maximum atomic E-state index is 10.7. The Morgan fingerprint density at radius 3 is 2.57 bits per heavy atom. The molecule has 0 saturated heterocycles. The van der Waals surface area contributed by atoms with Crippen LogP contribution in [-0.4, -0.2) is 15.5 Å². The zero-order chi connectivity index (χ0) is 10.8. The second-order valence-electron chi connectivity index (χ2n) is 2.60. The van der Waals surface area contributed by atoms with Crippen molar-refractivity contribution in [1.29, 1.82) is 0 Å². The van der Waals surface area contributed by atoms with Gasteiger partial charge < -0.3 is 10.5 Å². The number of ether oxygens (including phenoxy) is 1. The van der Waals surface area contributed by atoms with Crippen LogP contribution in [0.4, 0.5) is 11.4 Å². The van der Waals surface area contributed by atoms with E-state index < -0.39 is 10.2 Å². The Morgan fingerprint density at radius 2 is 2.07 bits per heavy atom. The van der Waals surface area contributed by atoms with Crippen LogP contribution in [0.2, 0.25) is 0 Å². The van der Waals surface area contributed by atoms with Gasteiger partial charge in [-0.25, -0.2) is 5.14 Å². The van der Waals surface area contributed by atoms with Crippen molar-refractivity contribution in [3.05, 3.63) is 18.2 Å². The quantitative estimate of drug-likeness (QED) is 0.614. The van der Waals surface area contributed by atoms with Gasteiger partial charge in [-0.3, -0.25) is 4.72 Å². The zero-order valence-electron chi connectivity index (χ0n) is 7.52. The van der Waals surface area contributed by atoms with E-state index in [0.29, 0.717) is 5.75 Å². The summed E-state index contributed by atoms with van der Waals surface area (Å²) >= 11 is 0. The number of hydrogen-bond donors (Lipinski definition) is 3. The van der Waals surface area contributed by atoms with Crippen molar-refractivity contribution < 1.29 is 13.2 Å². The minimum Gasteiger partial charge on any atom is -0.497 e. The highest BCUT2D eigenvalue weighted by Gasteiger charge is 2.06. The summed E-state index contributed by atoms with van der Waals surface area (Å²) in [6.07, 6.45) is 0. The van der Waals surface area contributed by atoms with Gasteiger partial charge in [0.1, 0.15) is 5.75 Å². The Labute approximate surface area is 82.0 Å². The van der Waals surface area contributed by atoms with Crippen molar-refractivity contribution in [3.8, 4) is 5.75 Å². The summed E-state index contributed by atoms with van der Waals surface area (Å²) in [6, 6.07) is 4.58. The molecule has 0 saturated carbocycles. The summed E-state index contributed by atoms with van der Waals surface area (Å²) < 4.78 is 28.4. The van der Waals surface area contributed by atoms with Gasteiger partial charge in [-0.1, -0.05) is 0 Å². The standard InChI is InChI=1S/C7H11N3O3S/c1-13-5-2-3-6(8)7(4-5)10-14(9,11)12/h2-4,10H,8H2,1H3,(H2,9,11,12). The molecule has 0 atom stereocenters. The molecule has 0 unspecified atom stereocenters. The number of rotatable bonds is 3. The summed E-state index contributed by atoms with van der Waals surface area (Å²) in [6.45, 7) is 0. The monoisotopic (exact) mass is 217 g/mol. The third-order valence-corrected chi connectivity index (χ3v) is 2.02. The minimum absolute atomic E-state index is 0.201. The molecule has 1 aromatic carbocycles. The number of hydrogen-bond acceptors (Lipinski definition) is 4. The molecule has 0 radical (unpaired) electrons. The lowest BCUT2D eigenvalue weighted by atomic mass is 10.2. The van der Waals surface area contributed by atoms with Gasteiger partial charge in [0, 0.05) is 6.07 Å². The number of methoxy groups -OCH3 is 1. The Morgan fingerprint density at radius 1 is 1.43 bits per heavy atom. The molecule has 0 aliphatic rings. The lowest BCUT2D eigenvalue weighted by Gasteiger charge is -2.08. The largest absolute Gasteiger partial charge is 0.497 e. The first-order chi connectivity index (χ1) is 6.42. The third-order valence-electron chi connectivity index (χ3n) is 1.51. The molecule has 1 rings (SSSR count). The SMILES string of the molecule is COc1ccc(N)c(NS(N)(=O)=O)c1. The predicted octanol–water partition coefficient (Wildman–Crippen LogP) is -0.107. The average molecular weight is 217 g/mol. The number of benzene rings is 1. The van der Waals surface area contributed by atoms with Crippen LogP contribution in [0.15, 0.2) is 18.2 Å². The number of nitrogens with two attached hydrogens (primary N) is 2. The molecule has 0 aliphatic carbocycles. The van der Waals surface area contributed by atoms with Gasteiger partial charge >= 0.3 is 0 Å². The normalized spacial score (nSPS) is 11.0. The fourth-order valence-electron chi connectivity index (χ4n) is 0.904. The van der Waals surface area contributed by atoms with Gasteiger partial charge in [0.05, 0.1) is 18.5 Å². The molecule has 0 amide bonds. The van der Waals surface area contributed by atoms with E-state index in [1.54, 1.807) is 6.07 Å². The van der Waals surface area contributed by atoms with E-state index in [1.807, 2.05) is 0 Å². The number of nitrogens with one attached hydrogen (secondary N) is 1. The minimum atomic E-state index is -3.81. The first kappa shape index (κ1) is 10.6. The molecule has 7 heteroatoms. The van der Waals surface area contributed by atoms with Crippen molar-refractivity contribution in [1.82, 2.24) is 0 Å². The highest BCUT2D eigenvalue weighted by molar-refractivity contribution is 7.90. The van der Waals surface area contributed by atoms with Gasteiger partial charge in [0.2, 0.25) is 0 Å². The second kappa shape index (κ2) is 3.72. The first-order valence-corrected chi connectivity index (χ1v) is 5.21. The van der Waals surface area contributed by atoms with Crippen molar-refractivity contribution >= 4 is 21.6 Å². The average Bonchev–Trinajstić information content (AvgIpc) is 2.06. The maximum absolute atomic E-state index is 10.7. The summed E-state index contributed by atoms with van der Waals surface area (Å²) in [4.78, 5) is 0. The van der Waals surface area contributed by atoms with E-state index in [0.717, 1.165) is 0 Å². The summed E-state index contributed by atoms with van der Waals surface area (Å²) in [7, 11) is -2.35. The number of anilines is 2. The van der Waals surface area contributed by atoms with Gasteiger partial charge in [-0.05, 0) is 12.1 Å². The molecular formula is C7H11N3O3S. The predicted molar refractivity (Wildman–Crippen MR) is 54.1 cm³/mol. The van der Waals surface area contributed by atoms with Crippen LogP contribution < -0.4 is 20.3 Å². The molecular weight excluding hydrogens is 206 g/mol. The molecule has 0 bridgehead atoms. The van der Waals surface area contributed by atoms with Gasteiger partial charge in [0.15, 0.2) is 0 Å². The van der Waals surface area contributed by atoms with Crippen LogP contribution in [-0.2, 0) is 10.2 Å². The van der Waals surface area contributed by atoms with Crippen LogP contribution >= 0.6 is 0 Å². The molecule has 0 aromatic heterocycles. The lowest BCUT2D eigenvalue weighted by molar-refractivity contribution is 0.415. The summed E-state index contributed by atoms with van der Waals surface area (Å²) in [5, 5.41) is 4.79. The number of nitrogen functional groups attached to an aromatic ring is 1. The van der Waals surface area contributed by atoms with Crippen LogP contribution in [0.3, 0.4) is 0 Å². The van der Waals surface area contributed by atoms with E-state index in [-0.39, 0.29) is 11.4 Å². The smallest absolute Gasteiger partial charge is 0.296 e. The highest BCUT2D eigenvalue weighted by Crippen LogP contribution is 2.24. The van der Waals surface area contributed by atoms with Gasteiger partial charge in [-0.15, -0.1) is 0 Å². The molecule has 78 valence electrons. The fraction of sp³-hybridized carbons (Fsp3) is 0.143. The molecule has 0 spiro atoms. The highest BCUT2D eigenvalue weighted by atomic mass is 32.2. The molecule has 5 N–H and O–H groups in total. The topological polar surface area (TPSA) is 107 Å². The van der Waals surface area contributed by atoms with Crippen LogP contribution in [0.5, 0.6) is 5.75 Å². The Kier molecular flexibility index (Phi) is 2.82. The van der Waals surface area contributed by atoms with Gasteiger partial charge in [0.25, 0.3) is 10.2 Å². The fourth-order valence-corrected chi connectivity index (χ4v) is 1.39. The van der Waals surface area contributed by atoms with Gasteiger partial charge in [-0.2, -0.15) is 8.42 Å². The molecule has 6 nitrogen and oxygen atoms in total. The van der Waals surface area contributed by atoms with E-state index >= 15 is 0 Å². The lowest BCUT2D eigenvalue weighted by Crippen LogP contribution is -2.22. The molecule has 0 aliphatic heterocycles. The van der Waals surface area contributed by atoms with E-state index in [2.05, 4.69) is 4.72 Å². The van der Waals surface area contributed by atoms with Crippen LogP contribution in [0, 0.1) is 0 Å². The van der Waals surface area contributed by atoms with E-state index in [9.17, 15) is 8.42 Å². The first-order valence-electron chi connectivity index (χ1n) is 3.66. The van der Waals surface area contributed by atoms with Crippen molar-refractivity contribution in [2.75, 3.05) is 17.6 Å². The Bertz CT molecular complexity index is 430. The third kappa shape index (κ3) is 2.79. The van der Waals surface area contributed by atoms with E-state index in [4.69, 9.17) is 15.6 Å². The van der Waals surface area contributed by atoms with Crippen molar-refractivity contribution in [2.45, 2.75) is 0 Å². The zero-order valence-corrected chi connectivity index (χ0v) is 8.34. The second-order valence-corrected chi connectivity index (χ2v) is 3.89. The van der Waals surface area contributed by atoms with Crippen LogP contribution in [0.1, 0.15) is 0 Å². The van der Waals surface area contributed by atoms with Crippen molar-refractivity contribution in [3.63, 3.8) is 0 Å². The Hall–Kier alpha value is -1.47.